The molecule has 0 aliphatic rings. The lowest BCUT2D eigenvalue weighted by atomic mass is 9.75. The molecule has 0 unspecified atom stereocenters. The molecular formula is C8H17BN2O. The van der Waals surface area contributed by atoms with Gasteiger partial charge < -0.3 is 14.4 Å². The van der Waals surface area contributed by atoms with E-state index in [1.807, 2.05) is 44.7 Å². The zero-order valence-electron chi connectivity index (χ0n) is 8.59. The highest BCUT2D eigenvalue weighted by Gasteiger charge is 2.17. The van der Waals surface area contributed by atoms with E-state index in [9.17, 15) is 0 Å². The lowest BCUT2D eigenvalue weighted by molar-refractivity contribution is 0.299. The predicted octanol–water partition coefficient (Wildman–Crippen LogP) is 0.134. The van der Waals surface area contributed by atoms with Crippen molar-refractivity contribution < 1.29 is 4.74 Å². The topological polar surface area (TPSA) is 15.7 Å². The monoisotopic (exact) mass is 168 g/mol. The number of hydrogen-bond donors (Lipinski definition) is 0. The molecule has 0 amide bonds. The molecule has 0 saturated carbocycles. The van der Waals surface area contributed by atoms with Crippen LogP contribution in [0.5, 0.6) is 0 Å². The Morgan fingerprint density at radius 2 is 1.67 bits per heavy atom. The van der Waals surface area contributed by atoms with Gasteiger partial charge in [-0.25, -0.2) is 0 Å². The highest BCUT2D eigenvalue weighted by atomic mass is 16.5. The first-order valence-corrected chi connectivity index (χ1v) is 4.04. The predicted molar refractivity (Wildman–Crippen MR) is 52.5 cm³/mol. The van der Waals surface area contributed by atoms with Gasteiger partial charge in [0.2, 0.25) is 0 Å². The third kappa shape index (κ3) is 4.27. The maximum absolute atomic E-state index is 4.95. The van der Waals surface area contributed by atoms with Gasteiger partial charge in [0.05, 0.1) is 6.61 Å². The van der Waals surface area contributed by atoms with Crippen molar-refractivity contribution in [1.82, 2.24) is 9.62 Å². The Balaban J connectivity index is 4.07. The van der Waals surface area contributed by atoms with Crippen LogP contribution in [0.15, 0.2) is 0 Å². The first kappa shape index (κ1) is 11.3. The lowest BCUT2D eigenvalue weighted by Gasteiger charge is -2.20. The number of ether oxygens (including phenoxy) is 1. The molecule has 0 heterocycles. The summed E-state index contributed by atoms with van der Waals surface area (Å²) in [5, 5.41) is 0. The highest BCUT2D eigenvalue weighted by Crippen LogP contribution is 1.88. The molecule has 0 rings (SSSR count). The summed E-state index contributed by atoms with van der Waals surface area (Å²) in [4.78, 5) is 4.07. The van der Waals surface area contributed by atoms with Crippen LogP contribution >= 0.6 is 0 Å². The normalized spacial score (nSPS) is 9.58. The molecule has 3 nitrogen and oxygen atoms in total. The second-order valence-electron chi connectivity index (χ2n) is 2.98. The molecule has 0 atom stereocenters. The fourth-order valence-corrected chi connectivity index (χ4v) is 0.887. The fourth-order valence-electron chi connectivity index (χ4n) is 0.887. The molecule has 0 N–H and O–H groups in total. The van der Waals surface area contributed by atoms with Gasteiger partial charge in [-0.2, -0.15) is 0 Å². The van der Waals surface area contributed by atoms with Crippen LogP contribution in [0.2, 0.25) is 0 Å². The van der Waals surface area contributed by atoms with Gasteiger partial charge in [-0.1, -0.05) is 5.82 Å². The van der Waals surface area contributed by atoms with Crippen LogP contribution in [-0.4, -0.2) is 51.4 Å². The Kier molecular flexibility index (Phi) is 5.60. The minimum absolute atomic E-state index is 0.122. The molecule has 0 spiro atoms. The van der Waals surface area contributed by atoms with Crippen LogP contribution in [-0.2, 0) is 4.74 Å². The molecule has 0 aromatic carbocycles. The Morgan fingerprint density at radius 1 is 1.17 bits per heavy atom. The molecule has 0 saturated heterocycles. The van der Waals surface area contributed by atoms with Gasteiger partial charge in [0.15, 0.2) is 0 Å². The standard InChI is InChI=1S/C8H17BN2O/c1-6-12-8-7-9(10(2)3)11(4)5/h6H2,1-5H3. The van der Waals surface area contributed by atoms with Crippen molar-refractivity contribution in [3.05, 3.63) is 0 Å². The molecule has 12 heavy (non-hydrogen) atoms. The number of nitrogens with zero attached hydrogens (tertiary/aromatic N) is 2. The van der Waals surface area contributed by atoms with Crippen molar-refractivity contribution in [2.45, 2.75) is 6.92 Å². The van der Waals surface area contributed by atoms with Crippen molar-refractivity contribution in [2.75, 3.05) is 34.8 Å². The van der Waals surface area contributed by atoms with E-state index in [1.165, 1.54) is 0 Å². The summed E-state index contributed by atoms with van der Waals surface area (Å²) in [5.41, 5.74) is 0. The van der Waals surface area contributed by atoms with Crippen LogP contribution in [0, 0.1) is 11.9 Å². The quantitative estimate of drug-likeness (QED) is 0.440. The third-order valence-electron chi connectivity index (χ3n) is 1.38. The van der Waals surface area contributed by atoms with Crippen molar-refractivity contribution >= 4 is 6.98 Å². The summed E-state index contributed by atoms with van der Waals surface area (Å²) in [6.07, 6.45) is 2.66. The van der Waals surface area contributed by atoms with E-state index in [1.54, 1.807) is 0 Å². The Morgan fingerprint density at radius 3 is 2.00 bits per heavy atom. The first-order valence-electron chi connectivity index (χ1n) is 4.04. The average molecular weight is 168 g/mol. The molecule has 0 aliphatic carbocycles. The molecule has 0 aromatic heterocycles. The molecule has 68 valence electrons. The molecule has 0 aliphatic heterocycles. The third-order valence-corrected chi connectivity index (χ3v) is 1.38. The number of rotatable bonds is 3. The second-order valence-corrected chi connectivity index (χ2v) is 2.98. The summed E-state index contributed by atoms with van der Waals surface area (Å²) < 4.78 is 4.95. The van der Waals surface area contributed by atoms with Gasteiger partial charge in [0.1, 0.15) is 6.11 Å². The Labute approximate surface area is 75.8 Å². The van der Waals surface area contributed by atoms with Gasteiger partial charge in [-0.15, -0.1) is 0 Å². The van der Waals surface area contributed by atoms with Crippen LogP contribution < -0.4 is 0 Å². The van der Waals surface area contributed by atoms with Crippen molar-refractivity contribution in [1.29, 1.82) is 0 Å². The van der Waals surface area contributed by atoms with E-state index in [0.29, 0.717) is 6.61 Å². The number of hydrogen-bond acceptors (Lipinski definition) is 3. The summed E-state index contributed by atoms with van der Waals surface area (Å²) in [7, 11) is 7.97. The maximum atomic E-state index is 4.95. The summed E-state index contributed by atoms with van der Waals surface area (Å²) >= 11 is 0. The molecular weight excluding hydrogens is 151 g/mol. The van der Waals surface area contributed by atoms with Gasteiger partial charge in [0.25, 0.3) is 0 Å². The van der Waals surface area contributed by atoms with Crippen LogP contribution in [0.4, 0.5) is 0 Å². The van der Waals surface area contributed by atoms with E-state index in [4.69, 9.17) is 4.74 Å². The zero-order chi connectivity index (χ0) is 9.56. The van der Waals surface area contributed by atoms with Gasteiger partial charge >= 0.3 is 6.98 Å². The van der Waals surface area contributed by atoms with E-state index in [2.05, 4.69) is 11.9 Å². The molecule has 0 aromatic rings. The minimum atomic E-state index is 0.122. The first-order chi connectivity index (χ1) is 5.59. The Bertz CT molecular complexity index is 164. The summed E-state index contributed by atoms with van der Waals surface area (Å²) in [6.45, 7) is 2.69. The lowest BCUT2D eigenvalue weighted by Crippen LogP contribution is -2.44. The SMILES string of the molecule is CCOC#CB(N(C)C)N(C)C. The van der Waals surface area contributed by atoms with E-state index >= 15 is 0 Å². The molecule has 4 heteroatoms. The van der Waals surface area contributed by atoms with Crippen molar-refractivity contribution in [3.8, 4) is 11.9 Å². The van der Waals surface area contributed by atoms with Gasteiger partial charge in [-0.05, 0) is 35.1 Å². The van der Waals surface area contributed by atoms with Gasteiger partial charge in [0, 0.05) is 0 Å². The zero-order valence-corrected chi connectivity index (χ0v) is 8.59. The van der Waals surface area contributed by atoms with E-state index < -0.39 is 0 Å². The second kappa shape index (κ2) is 5.93. The van der Waals surface area contributed by atoms with E-state index in [-0.39, 0.29) is 6.98 Å². The highest BCUT2D eigenvalue weighted by molar-refractivity contribution is 6.61. The van der Waals surface area contributed by atoms with Crippen LogP contribution in [0.3, 0.4) is 0 Å². The largest absolute Gasteiger partial charge is 0.448 e. The molecule has 0 fully saturated rings. The smallest absolute Gasteiger partial charge is 0.403 e. The Hall–Kier alpha value is -0.655. The minimum Gasteiger partial charge on any atom is -0.448 e. The van der Waals surface area contributed by atoms with Crippen molar-refractivity contribution in [3.63, 3.8) is 0 Å². The van der Waals surface area contributed by atoms with Crippen LogP contribution in [0.25, 0.3) is 0 Å². The summed E-state index contributed by atoms with van der Waals surface area (Å²) in [5.74, 6) is 3.00. The van der Waals surface area contributed by atoms with E-state index in [0.717, 1.165) is 0 Å². The molecule has 0 bridgehead atoms. The summed E-state index contributed by atoms with van der Waals surface area (Å²) in [6, 6.07) is 0. The molecule has 0 radical (unpaired) electrons. The van der Waals surface area contributed by atoms with Gasteiger partial charge in [-0.3, -0.25) is 0 Å². The van der Waals surface area contributed by atoms with Crippen LogP contribution in [0.1, 0.15) is 6.92 Å². The fraction of sp³-hybridized carbons (Fsp3) is 0.750. The van der Waals surface area contributed by atoms with Crippen molar-refractivity contribution in [2.24, 2.45) is 0 Å². The maximum Gasteiger partial charge on any atom is 0.403 e. The average Bonchev–Trinajstić information content (AvgIpc) is 1.96.